The van der Waals surface area contributed by atoms with E-state index in [1.165, 1.54) is 17.7 Å². The van der Waals surface area contributed by atoms with Crippen molar-refractivity contribution in [1.82, 2.24) is 0 Å². The van der Waals surface area contributed by atoms with Crippen LogP contribution in [0.3, 0.4) is 0 Å². The Balaban J connectivity index is 2.46. The molecule has 2 saturated carbocycles. The largest absolute Gasteiger partial charge is 0.506 e. The van der Waals surface area contributed by atoms with Crippen LogP contribution in [0.2, 0.25) is 0 Å². The van der Waals surface area contributed by atoms with Crippen LogP contribution in [-0.2, 0) is 14.4 Å². The summed E-state index contributed by atoms with van der Waals surface area (Å²) in [5.74, 6) is -3.68. The normalized spacial score (nSPS) is 26.0. The number of allylic oxidation sites excluding steroid dienone is 8. The number of phenols is 2. The highest BCUT2D eigenvalue weighted by molar-refractivity contribution is 6.41. The summed E-state index contributed by atoms with van der Waals surface area (Å²) in [4.78, 5) is 44.9. The molecule has 2 aliphatic rings. The number of phenolic OH excluding ortho intramolecular Hbond substituents is 2. The Kier molecular flexibility index (Phi) is 10.1. The van der Waals surface area contributed by atoms with Gasteiger partial charge in [0, 0.05) is 5.56 Å². The number of fused-ring (bicyclic) bond motifs is 2. The maximum absolute atomic E-state index is 15.2. The maximum atomic E-state index is 15.2. The Bertz CT molecular complexity index is 1490. The molecule has 1 aromatic carbocycles. The number of ketones is 3. The van der Waals surface area contributed by atoms with Gasteiger partial charge in [-0.3, -0.25) is 14.4 Å². The maximum Gasteiger partial charge on any atom is 0.184 e. The molecule has 0 spiro atoms. The van der Waals surface area contributed by atoms with E-state index in [9.17, 15) is 24.9 Å². The van der Waals surface area contributed by atoms with Crippen LogP contribution in [0.15, 0.2) is 70.9 Å². The topological polar surface area (TPSA) is 112 Å². The Hall–Kier alpha value is -3.67. The van der Waals surface area contributed by atoms with Crippen LogP contribution in [0.4, 0.5) is 0 Å². The number of hydrogen-bond donors (Lipinski definition) is 3. The lowest BCUT2D eigenvalue weighted by Crippen LogP contribution is -2.69. The second-order valence-corrected chi connectivity index (χ2v) is 14.3. The van der Waals surface area contributed by atoms with Crippen molar-refractivity contribution in [3.63, 3.8) is 0 Å². The highest BCUT2D eigenvalue weighted by Crippen LogP contribution is 2.66. The van der Waals surface area contributed by atoms with Crippen LogP contribution in [-0.4, -0.2) is 32.7 Å². The Labute approximate surface area is 263 Å². The molecule has 2 bridgehead atoms. The predicted molar refractivity (Wildman–Crippen MR) is 176 cm³/mol. The molecule has 3 N–H and O–H groups in total. The third kappa shape index (κ3) is 6.00. The van der Waals surface area contributed by atoms with Crippen molar-refractivity contribution in [3.05, 3.63) is 76.4 Å². The van der Waals surface area contributed by atoms with E-state index < -0.39 is 50.6 Å². The lowest BCUT2D eigenvalue weighted by atomic mass is 9.38. The molecule has 3 rings (SSSR count). The smallest absolute Gasteiger partial charge is 0.184 e. The van der Waals surface area contributed by atoms with Crippen LogP contribution in [0.1, 0.15) is 100.0 Å². The molecular formula is C38H50O6. The Morgan fingerprint density at radius 3 is 2.07 bits per heavy atom. The fourth-order valence-electron chi connectivity index (χ4n) is 7.26. The molecule has 4 unspecified atom stereocenters. The summed E-state index contributed by atoms with van der Waals surface area (Å²) in [5, 5.41) is 31.7. The fraction of sp³-hybridized carbons (Fsp3) is 0.500. The molecule has 238 valence electrons. The third-order valence-corrected chi connectivity index (χ3v) is 9.92. The van der Waals surface area contributed by atoms with Gasteiger partial charge in [-0.05, 0) is 116 Å². The van der Waals surface area contributed by atoms with E-state index in [0.29, 0.717) is 6.42 Å². The molecule has 1 aromatic rings. The van der Waals surface area contributed by atoms with Gasteiger partial charge in [0.15, 0.2) is 28.8 Å². The molecule has 2 fully saturated rings. The Morgan fingerprint density at radius 1 is 0.932 bits per heavy atom. The SMILES string of the molecule is C=C(C)C(C=C(C)C)CC12CC(CCC=C(C)C)C(C)(C)C(CC=C(C)C)(C(=O)C(=C(O)c3ccc(O)c(O)c3)C1=O)C2=O. The first-order chi connectivity index (χ1) is 20.3. The quantitative estimate of drug-likeness (QED) is 0.0616. The van der Waals surface area contributed by atoms with E-state index in [1.54, 1.807) is 0 Å². The zero-order valence-electron chi connectivity index (χ0n) is 27.9. The van der Waals surface area contributed by atoms with Gasteiger partial charge in [-0.15, -0.1) is 0 Å². The van der Waals surface area contributed by atoms with Gasteiger partial charge >= 0.3 is 0 Å². The number of aromatic hydroxyl groups is 2. The van der Waals surface area contributed by atoms with Crippen LogP contribution >= 0.6 is 0 Å². The molecule has 0 aliphatic heterocycles. The number of hydrogen-bond acceptors (Lipinski definition) is 6. The first-order valence-corrected chi connectivity index (χ1v) is 15.5. The summed E-state index contributed by atoms with van der Waals surface area (Å²) in [5.41, 5.74) is -0.512. The molecule has 0 saturated heterocycles. The number of Topliss-reactive ketones (excluding diaryl/α,β-unsaturated/α-hetero) is 3. The standard InChI is InChI=1S/C38H50O6/c1-22(2)12-11-13-28-21-37(20-27(25(7)8)18-24(5)6)33(42)31(32(41)26-14-15-29(39)30(40)19-26)34(43)38(35(37)44,36(28,9)10)17-16-23(3)4/h12,14-16,18-19,27-28,39-41H,7,11,13,17,20-21H2,1-6,8-10H3. The summed E-state index contributed by atoms with van der Waals surface area (Å²) in [7, 11) is 0. The van der Waals surface area contributed by atoms with Crippen LogP contribution in [0.25, 0.3) is 5.76 Å². The van der Waals surface area contributed by atoms with Gasteiger partial charge in [0.05, 0.1) is 5.41 Å². The van der Waals surface area contributed by atoms with Crippen molar-refractivity contribution in [2.45, 2.75) is 94.4 Å². The molecule has 0 heterocycles. The van der Waals surface area contributed by atoms with Crippen molar-refractivity contribution >= 4 is 23.1 Å². The molecule has 0 aromatic heterocycles. The number of carbonyl (C=O) groups excluding carboxylic acids is 3. The zero-order chi connectivity index (χ0) is 33.4. The van der Waals surface area contributed by atoms with Crippen LogP contribution < -0.4 is 0 Å². The van der Waals surface area contributed by atoms with Gasteiger partial charge in [-0.25, -0.2) is 0 Å². The highest BCUT2D eigenvalue weighted by Gasteiger charge is 2.74. The monoisotopic (exact) mass is 602 g/mol. The lowest BCUT2D eigenvalue weighted by Gasteiger charge is -2.61. The summed E-state index contributed by atoms with van der Waals surface area (Å²) in [6, 6.07) is 3.65. The number of rotatable bonds is 10. The number of carbonyl (C=O) groups is 3. The van der Waals surface area contributed by atoms with E-state index in [4.69, 9.17) is 0 Å². The summed E-state index contributed by atoms with van der Waals surface area (Å²) in [6.07, 6.45) is 8.00. The van der Waals surface area contributed by atoms with E-state index >= 15 is 4.79 Å². The molecule has 6 heteroatoms. The average molecular weight is 603 g/mol. The Morgan fingerprint density at radius 2 is 1.55 bits per heavy atom. The van der Waals surface area contributed by atoms with Gasteiger partial charge < -0.3 is 15.3 Å². The molecular weight excluding hydrogens is 552 g/mol. The van der Waals surface area contributed by atoms with Crippen LogP contribution in [0.5, 0.6) is 11.5 Å². The van der Waals surface area contributed by atoms with Gasteiger partial charge in [0.25, 0.3) is 0 Å². The lowest BCUT2D eigenvalue weighted by molar-refractivity contribution is -0.177. The number of benzene rings is 1. The average Bonchev–Trinajstić information content (AvgIpc) is 2.91. The molecule has 6 nitrogen and oxygen atoms in total. The molecule has 0 amide bonds. The minimum Gasteiger partial charge on any atom is -0.506 e. The number of aliphatic hydroxyl groups is 1. The second-order valence-electron chi connectivity index (χ2n) is 14.3. The van der Waals surface area contributed by atoms with E-state index in [1.807, 2.05) is 74.5 Å². The third-order valence-electron chi connectivity index (χ3n) is 9.92. The van der Waals surface area contributed by atoms with Crippen molar-refractivity contribution < 1.29 is 29.7 Å². The summed E-state index contributed by atoms with van der Waals surface area (Å²) < 4.78 is 0. The van der Waals surface area contributed by atoms with Gasteiger partial charge in [0.2, 0.25) is 0 Å². The van der Waals surface area contributed by atoms with Crippen molar-refractivity contribution in [2.75, 3.05) is 0 Å². The van der Waals surface area contributed by atoms with E-state index in [0.717, 1.165) is 29.2 Å². The van der Waals surface area contributed by atoms with Crippen molar-refractivity contribution in [1.29, 1.82) is 0 Å². The van der Waals surface area contributed by atoms with Gasteiger partial charge in [0.1, 0.15) is 16.7 Å². The highest BCUT2D eigenvalue weighted by atomic mass is 16.3. The second kappa shape index (κ2) is 12.7. The van der Waals surface area contributed by atoms with Crippen molar-refractivity contribution in [3.8, 4) is 11.5 Å². The fourth-order valence-corrected chi connectivity index (χ4v) is 7.26. The van der Waals surface area contributed by atoms with Crippen LogP contribution in [0, 0.1) is 28.1 Å². The molecule has 44 heavy (non-hydrogen) atoms. The van der Waals surface area contributed by atoms with E-state index in [-0.39, 0.29) is 42.4 Å². The summed E-state index contributed by atoms with van der Waals surface area (Å²) >= 11 is 0. The minimum absolute atomic E-state index is 0.00982. The molecule has 2 aliphatic carbocycles. The van der Waals surface area contributed by atoms with Crippen molar-refractivity contribution in [2.24, 2.45) is 28.1 Å². The summed E-state index contributed by atoms with van der Waals surface area (Å²) in [6.45, 7) is 21.8. The first-order valence-electron chi connectivity index (χ1n) is 15.5. The van der Waals surface area contributed by atoms with Gasteiger partial charge in [-0.2, -0.15) is 0 Å². The first kappa shape index (κ1) is 34.8. The minimum atomic E-state index is -1.61. The zero-order valence-corrected chi connectivity index (χ0v) is 27.9. The predicted octanol–water partition coefficient (Wildman–Crippen LogP) is 8.76. The van der Waals surface area contributed by atoms with Gasteiger partial charge in [-0.1, -0.05) is 60.9 Å². The van der Waals surface area contributed by atoms with E-state index in [2.05, 4.69) is 12.7 Å². The molecule has 4 atom stereocenters. The molecule has 0 radical (unpaired) electrons. The number of aliphatic hydroxyl groups excluding tert-OH is 1.